The molecule has 142 valence electrons. The van der Waals surface area contributed by atoms with Crippen LogP contribution in [0.25, 0.3) is 5.69 Å². The highest BCUT2D eigenvalue weighted by Gasteiger charge is 2.26. The fraction of sp³-hybridized carbons (Fsp3) is 0.294. The number of rotatable bonds is 4. The normalized spacial score (nSPS) is 15.3. The fourth-order valence-corrected chi connectivity index (χ4v) is 4.37. The summed E-state index contributed by atoms with van der Waals surface area (Å²) in [5.41, 5.74) is 6.53. The summed E-state index contributed by atoms with van der Waals surface area (Å²) in [5.74, 6) is -0.688. The van der Waals surface area contributed by atoms with Crippen molar-refractivity contribution in [1.82, 2.24) is 14.2 Å². The molecule has 0 radical (unpaired) electrons. The number of nitrogen functional groups attached to an aromatic ring is 1. The second kappa shape index (κ2) is 7.40. The smallest absolute Gasteiger partial charge is 0.357 e. The van der Waals surface area contributed by atoms with Crippen molar-refractivity contribution in [2.75, 3.05) is 39.0 Å². The molecule has 1 fully saturated rings. The zero-order valence-electron chi connectivity index (χ0n) is 14.7. The number of esters is 1. The van der Waals surface area contributed by atoms with Crippen LogP contribution in [0.5, 0.6) is 0 Å². The summed E-state index contributed by atoms with van der Waals surface area (Å²) in [7, 11) is -2.37. The minimum atomic E-state index is -3.58. The number of sulfonamides is 1. The molecule has 3 rings (SSSR count). The lowest BCUT2D eigenvalue weighted by Crippen LogP contribution is -2.46. The number of nitriles is 1. The Labute approximate surface area is 157 Å². The Morgan fingerprint density at radius 2 is 1.89 bits per heavy atom. The Balaban J connectivity index is 1.99. The van der Waals surface area contributed by atoms with Crippen LogP contribution in [0.3, 0.4) is 0 Å². The molecule has 0 unspecified atom stereocenters. The summed E-state index contributed by atoms with van der Waals surface area (Å²) >= 11 is 0. The number of benzene rings is 1. The van der Waals surface area contributed by atoms with Crippen LogP contribution in [0.1, 0.15) is 16.1 Å². The second-order valence-electron chi connectivity index (χ2n) is 5.93. The third-order valence-corrected chi connectivity index (χ3v) is 6.29. The van der Waals surface area contributed by atoms with E-state index in [0.717, 1.165) is 0 Å². The van der Waals surface area contributed by atoms with Gasteiger partial charge in [-0.2, -0.15) is 9.57 Å². The maximum absolute atomic E-state index is 12.7. The zero-order valence-corrected chi connectivity index (χ0v) is 15.5. The summed E-state index contributed by atoms with van der Waals surface area (Å²) in [6.45, 7) is 2.05. The highest BCUT2D eigenvalue weighted by Crippen LogP contribution is 2.26. The van der Waals surface area contributed by atoms with E-state index in [1.807, 2.05) is 6.07 Å². The van der Waals surface area contributed by atoms with Crippen molar-refractivity contribution in [2.24, 2.45) is 0 Å². The van der Waals surface area contributed by atoms with Crippen molar-refractivity contribution in [3.8, 4) is 11.8 Å². The van der Waals surface area contributed by atoms with Crippen LogP contribution in [0.2, 0.25) is 0 Å². The summed E-state index contributed by atoms with van der Waals surface area (Å²) in [6, 6.07) is 7.97. The van der Waals surface area contributed by atoms with Gasteiger partial charge in [-0.25, -0.2) is 13.2 Å². The van der Waals surface area contributed by atoms with Crippen LogP contribution in [0.4, 0.5) is 5.69 Å². The molecule has 1 aromatic carbocycles. The Bertz CT molecular complexity index is 999. The summed E-state index contributed by atoms with van der Waals surface area (Å²) in [4.78, 5) is 12.2. The van der Waals surface area contributed by atoms with E-state index in [2.05, 4.69) is 5.32 Å². The van der Waals surface area contributed by atoms with Gasteiger partial charge in [0.05, 0.1) is 23.3 Å². The number of nitrogens with zero attached hydrogens (tertiary/aromatic N) is 3. The van der Waals surface area contributed by atoms with Gasteiger partial charge in [0.2, 0.25) is 10.0 Å². The molecule has 0 atom stereocenters. The molecule has 1 aromatic heterocycles. The van der Waals surface area contributed by atoms with Gasteiger partial charge in [0.1, 0.15) is 6.07 Å². The number of ether oxygens (including phenoxy) is 1. The topological polar surface area (TPSA) is 130 Å². The first-order chi connectivity index (χ1) is 12.9. The number of methoxy groups -OCH3 is 1. The van der Waals surface area contributed by atoms with Crippen LogP contribution < -0.4 is 11.1 Å². The van der Waals surface area contributed by atoms with Gasteiger partial charge < -0.3 is 20.4 Å². The lowest BCUT2D eigenvalue weighted by molar-refractivity contribution is 0.0593. The molecule has 10 heteroatoms. The first-order valence-corrected chi connectivity index (χ1v) is 9.64. The molecule has 1 aliphatic heterocycles. The monoisotopic (exact) mass is 389 g/mol. The Kier molecular flexibility index (Phi) is 5.18. The lowest BCUT2D eigenvalue weighted by atomic mass is 10.2. The van der Waals surface area contributed by atoms with Gasteiger partial charge in [-0.3, -0.25) is 0 Å². The first kappa shape index (κ1) is 18.9. The molecule has 0 spiro atoms. The number of aromatic nitrogens is 1. The van der Waals surface area contributed by atoms with Crippen LogP contribution in [-0.4, -0.2) is 56.5 Å². The molecule has 1 saturated heterocycles. The van der Waals surface area contributed by atoms with Crippen molar-refractivity contribution in [3.05, 3.63) is 41.7 Å². The molecular weight excluding hydrogens is 370 g/mol. The highest BCUT2D eigenvalue weighted by molar-refractivity contribution is 7.89. The molecule has 0 saturated carbocycles. The van der Waals surface area contributed by atoms with E-state index in [1.165, 1.54) is 34.3 Å². The lowest BCUT2D eigenvalue weighted by Gasteiger charge is -2.26. The van der Waals surface area contributed by atoms with Gasteiger partial charge >= 0.3 is 5.97 Å². The van der Waals surface area contributed by atoms with Crippen molar-refractivity contribution in [3.63, 3.8) is 0 Å². The first-order valence-electron chi connectivity index (χ1n) is 8.20. The number of piperazine rings is 1. The zero-order chi connectivity index (χ0) is 19.6. The van der Waals surface area contributed by atoms with Gasteiger partial charge in [0.15, 0.2) is 5.69 Å². The van der Waals surface area contributed by atoms with Gasteiger partial charge in [-0.05, 0) is 24.3 Å². The minimum Gasteiger partial charge on any atom is -0.464 e. The Morgan fingerprint density at radius 3 is 2.44 bits per heavy atom. The number of nitrogens with one attached hydrogen (secondary N) is 1. The van der Waals surface area contributed by atoms with Crippen LogP contribution in [0.15, 0.2) is 35.4 Å². The maximum atomic E-state index is 12.7. The van der Waals surface area contributed by atoms with Crippen LogP contribution >= 0.6 is 0 Å². The van der Waals surface area contributed by atoms with Gasteiger partial charge in [-0.1, -0.05) is 0 Å². The van der Waals surface area contributed by atoms with E-state index < -0.39 is 16.0 Å². The quantitative estimate of drug-likeness (QED) is 0.720. The van der Waals surface area contributed by atoms with E-state index in [-0.39, 0.29) is 21.8 Å². The number of hydrogen-bond donors (Lipinski definition) is 2. The molecule has 1 aliphatic rings. The number of carbonyl (C=O) groups is 1. The fourth-order valence-electron chi connectivity index (χ4n) is 2.93. The molecule has 2 aromatic rings. The molecule has 0 bridgehead atoms. The van der Waals surface area contributed by atoms with Gasteiger partial charge in [0.25, 0.3) is 0 Å². The summed E-state index contributed by atoms with van der Waals surface area (Å²) in [6.07, 6.45) is 1.42. The highest BCUT2D eigenvalue weighted by atomic mass is 32.2. The molecule has 2 heterocycles. The molecular formula is C17H19N5O4S. The average Bonchev–Trinajstić information content (AvgIpc) is 3.04. The second-order valence-corrected chi connectivity index (χ2v) is 7.86. The molecule has 0 aliphatic carbocycles. The van der Waals surface area contributed by atoms with Crippen molar-refractivity contribution in [2.45, 2.75) is 4.90 Å². The van der Waals surface area contributed by atoms with Crippen molar-refractivity contribution < 1.29 is 17.9 Å². The van der Waals surface area contributed by atoms with Crippen LogP contribution in [0, 0.1) is 11.3 Å². The Morgan fingerprint density at radius 1 is 1.26 bits per heavy atom. The minimum absolute atomic E-state index is 0.0156. The van der Waals surface area contributed by atoms with Crippen molar-refractivity contribution in [1.29, 1.82) is 5.26 Å². The SMILES string of the molecule is COC(=O)c1c(N)c(C#N)cn1-c1ccc(S(=O)(=O)N2CCNCC2)cc1. The largest absolute Gasteiger partial charge is 0.464 e. The molecule has 27 heavy (non-hydrogen) atoms. The number of nitrogens with two attached hydrogens (primary N) is 1. The van der Waals surface area contributed by atoms with Crippen molar-refractivity contribution >= 4 is 21.7 Å². The van der Waals surface area contributed by atoms with E-state index in [4.69, 9.17) is 15.7 Å². The summed E-state index contributed by atoms with van der Waals surface area (Å²) in [5, 5.41) is 12.3. The molecule has 3 N–H and O–H groups in total. The number of hydrogen-bond acceptors (Lipinski definition) is 7. The van der Waals surface area contributed by atoms with E-state index in [0.29, 0.717) is 31.9 Å². The predicted molar refractivity (Wildman–Crippen MR) is 97.9 cm³/mol. The molecule has 0 amide bonds. The predicted octanol–water partition coefficient (Wildman–Crippen LogP) is 0.312. The van der Waals surface area contributed by atoms with E-state index >= 15 is 0 Å². The summed E-state index contributed by atoms with van der Waals surface area (Å²) < 4.78 is 33.0. The number of carbonyl (C=O) groups excluding carboxylic acids is 1. The number of anilines is 1. The maximum Gasteiger partial charge on any atom is 0.357 e. The third kappa shape index (κ3) is 3.40. The van der Waals surface area contributed by atoms with E-state index in [9.17, 15) is 13.2 Å². The van der Waals surface area contributed by atoms with E-state index in [1.54, 1.807) is 12.1 Å². The van der Waals surface area contributed by atoms with Gasteiger partial charge in [-0.15, -0.1) is 0 Å². The average molecular weight is 389 g/mol. The van der Waals surface area contributed by atoms with Crippen LogP contribution in [-0.2, 0) is 14.8 Å². The standard InChI is InChI=1S/C17H19N5O4S/c1-26-17(23)16-15(19)12(10-18)11-22(16)13-2-4-14(5-3-13)27(24,25)21-8-6-20-7-9-21/h2-5,11,20H,6-9,19H2,1H3. The van der Waals surface area contributed by atoms with Gasteiger partial charge in [0, 0.05) is 38.1 Å². The third-order valence-electron chi connectivity index (χ3n) is 4.37. The molecule has 9 nitrogen and oxygen atoms in total. The Hall–Kier alpha value is -2.87.